The van der Waals surface area contributed by atoms with Crippen LogP contribution in [0, 0.1) is 5.41 Å². The minimum absolute atomic E-state index is 0.168. The molecular formula is C14H30N2O3. The normalized spacial score (nSPS) is 19.6. The third-order valence-electron chi connectivity index (χ3n) is 3.57. The van der Waals surface area contributed by atoms with Crippen molar-refractivity contribution >= 4 is 0 Å². The minimum Gasteiger partial charge on any atom is -0.396 e. The molecule has 0 amide bonds. The molecule has 5 heteroatoms. The lowest BCUT2D eigenvalue weighted by Gasteiger charge is -2.29. The number of morpholine rings is 1. The van der Waals surface area contributed by atoms with Crippen LogP contribution in [0.1, 0.15) is 26.7 Å². The van der Waals surface area contributed by atoms with Crippen LogP contribution < -0.4 is 5.32 Å². The molecule has 0 radical (unpaired) electrons. The largest absolute Gasteiger partial charge is 0.396 e. The van der Waals surface area contributed by atoms with E-state index in [1.165, 1.54) is 0 Å². The van der Waals surface area contributed by atoms with Crippen LogP contribution in [-0.2, 0) is 4.74 Å². The monoisotopic (exact) mass is 274 g/mol. The lowest BCUT2D eigenvalue weighted by atomic mass is 9.88. The first-order valence-electron chi connectivity index (χ1n) is 7.33. The zero-order chi connectivity index (χ0) is 14.1. The molecule has 1 heterocycles. The Hall–Kier alpha value is -0.200. The van der Waals surface area contributed by atoms with Gasteiger partial charge in [-0.2, -0.15) is 0 Å². The van der Waals surface area contributed by atoms with Gasteiger partial charge in [-0.25, -0.2) is 0 Å². The van der Waals surface area contributed by atoms with Gasteiger partial charge < -0.3 is 20.3 Å². The van der Waals surface area contributed by atoms with E-state index in [1.807, 2.05) is 0 Å². The van der Waals surface area contributed by atoms with Crippen molar-refractivity contribution in [1.82, 2.24) is 10.2 Å². The number of nitrogens with zero attached hydrogens (tertiary/aromatic N) is 1. The summed E-state index contributed by atoms with van der Waals surface area (Å²) in [6.45, 7) is 10.2. The Bertz CT molecular complexity index is 231. The van der Waals surface area contributed by atoms with Crippen LogP contribution in [0.25, 0.3) is 0 Å². The van der Waals surface area contributed by atoms with Gasteiger partial charge in [0.2, 0.25) is 0 Å². The van der Waals surface area contributed by atoms with Crippen LogP contribution in [0.2, 0.25) is 0 Å². The fraction of sp³-hybridized carbons (Fsp3) is 1.00. The number of aliphatic hydroxyl groups is 2. The zero-order valence-corrected chi connectivity index (χ0v) is 12.4. The lowest BCUT2D eigenvalue weighted by Crippen LogP contribution is -2.44. The van der Waals surface area contributed by atoms with E-state index >= 15 is 0 Å². The number of β-amino-alcohol motifs (C(OH)–C–C–N with tert-alkyl or cyclic N) is 1. The van der Waals surface area contributed by atoms with Crippen LogP contribution in [0.15, 0.2) is 0 Å². The van der Waals surface area contributed by atoms with Crippen molar-refractivity contribution in [2.24, 2.45) is 5.41 Å². The summed E-state index contributed by atoms with van der Waals surface area (Å²) >= 11 is 0. The van der Waals surface area contributed by atoms with Crippen molar-refractivity contribution < 1.29 is 14.9 Å². The van der Waals surface area contributed by atoms with E-state index in [0.29, 0.717) is 13.1 Å². The maximum absolute atomic E-state index is 9.99. The van der Waals surface area contributed by atoms with Gasteiger partial charge in [0, 0.05) is 39.3 Å². The van der Waals surface area contributed by atoms with Gasteiger partial charge >= 0.3 is 0 Å². The first-order valence-corrected chi connectivity index (χ1v) is 7.33. The SMILES string of the molecule is CC(C)(CCCO)CNCC(O)CN1CCOCC1. The van der Waals surface area contributed by atoms with Gasteiger partial charge in [0.25, 0.3) is 0 Å². The van der Waals surface area contributed by atoms with Crippen LogP contribution in [-0.4, -0.2) is 73.8 Å². The second-order valence-corrected chi connectivity index (χ2v) is 6.19. The smallest absolute Gasteiger partial charge is 0.0791 e. The molecule has 1 aliphatic rings. The van der Waals surface area contributed by atoms with Crippen molar-refractivity contribution in [2.45, 2.75) is 32.8 Å². The molecule has 1 atom stereocenters. The topological polar surface area (TPSA) is 65.0 Å². The highest BCUT2D eigenvalue weighted by atomic mass is 16.5. The number of hydrogen-bond acceptors (Lipinski definition) is 5. The van der Waals surface area contributed by atoms with Crippen molar-refractivity contribution in [3.8, 4) is 0 Å². The van der Waals surface area contributed by atoms with E-state index in [-0.39, 0.29) is 18.1 Å². The first kappa shape index (κ1) is 16.9. The average Bonchev–Trinajstić information content (AvgIpc) is 2.37. The summed E-state index contributed by atoms with van der Waals surface area (Å²) in [5.74, 6) is 0. The summed E-state index contributed by atoms with van der Waals surface area (Å²) in [7, 11) is 0. The summed E-state index contributed by atoms with van der Waals surface area (Å²) in [4.78, 5) is 2.24. The second-order valence-electron chi connectivity index (χ2n) is 6.19. The molecule has 0 aromatic carbocycles. The molecular weight excluding hydrogens is 244 g/mol. The van der Waals surface area contributed by atoms with Gasteiger partial charge in [0.05, 0.1) is 19.3 Å². The molecule has 0 bridgehead atoms. The van der Waals surface area contributed by atoms with Crippen LogP contribution in [0.3, 0.4) is 0 Å². The van der Waals surface area contributed by atoms with Gasteiger partial charge in [0.1, 0.15) is 0 Å². The summed E-state index contributed by atoms with van der Waals surface area (Å²) in [6.07, 6.45) is 1.51. The van der Waals surface area contributed by atoms with Crippen molar-refractivity contribution in [2.75, 3.05) is 52.5 Å². The van der Waals surface area contributed by atoms with Gasteiger partial charge in [-0.1, -0.05) is 13.8 Å². The molecule has 114 valence electrons. The molecule has 5 nitrogen and oxygen atoms in total. The van der Waals surface area contributed by atoms with E-state index in [0.717, 1.165) is 45.7 Å². The minimum atomic E-state index is -0.327. The summed E-state index contributed by atoms with van der Waals surface area (Å²) in [6, 6.07) is 0. The van der Waals surface area contributed by atoms with E-state index in [2.05, 4.69) is 24.1 Å². The Morgan fingerprint density at radius 2 is 2.00 bits per heavy atom. The third-order valence-corrected chi connectivity index (χ3v) is 3.57. The van der Waals surface area contributed by atoms with Gasteiger partial charge in [-0.15, -0.1) is 0 Å². The van der Waals surface area contributed by atoms with Gasteiger partial charge in [-0.3, -0.25) is 4.90 Å². The standard InChI is InChI=1S/C14H30N2O3/c1-14(2,4-3-7-17)12-15-10-13(18)11-16-5-8-19-9-6-16/h13,15,17-18H,3-12H2,1-2H3. The molecule has 0 saturated carbocycles. The van der Waals surface area contributed by atoms with Crippen LogP contribution in [0.4, 0.5) is 0 Å². The maximum Gasteiger partial charge on any atom is 0.0791 e. The van der Waals surface area contributed by atoms with E-state index < -0.39 is 0 Å². The van der Waals surface area contributed by atoms with Gasteiger partial charge in [-0.05, 0) is 18.3 Å². The fourth-order valence-electron chi connectivity index (χ4n) is 2.37. The Labute approximate surface area is 116 Å². The van der Waals surface area contributed by atoms with Crippen LogP contribution >= 0.6 is 0 Å². The number of nitrogens with one attached hydrogen (secondary N) is 1. The number of hydrogen-bond donors (Lipinski definition) is 3. The molecule has 0 aliphatic carbocycles. The highest BCUT2D eigenvalue weighted by Gasteiger charge is 2.18. The molecule has 19 heavy (non-hydrogen) atoms. The Balaban J connectivity index is 2.10. The summed E-state index contributed by atoms with van der Waals surface area (Å²) in [5.41, 5.74) is 0.168. The van der Waals surface area contributed by atoms with E-state index in [1.54, 1.807) is 0 Å². The molecule has 0 aromatic rings. The van der Waals surface area contributed by atoms with Gasteiger partial charge in [0.15, 0.2) is 0 Å². The molecule has 0 spiro atoms. The quantitative estimate of drug-likeness (QED) is 0.555. The molecule has 1 fully saturated rings. The highest BCUT2D eigenvalue weighted by molar-refractivity contribution is 4.74. The number of ether oxygens (including phenoxy) is 1. The highest BCUT2D eigenvalue weighted by Crippen LogP contribution is 2.20. The molecule has 1 aliphatic heterocycles. The Morgan fingerprint density at radius 1 is 1.32 bits per heavy atom. The van der Waals surface area contributed by atoms with Crippen LogP contribution in [0.5, 0.6) is 0 Å². The fourth-order valence-corrected chi connectivity index (χ4v) is 2.37. The maximum atomic E-state index is 9.99. The average molecular weight is 274 g/mol. The third kappa shape index (κ3) is 7.84. The zero-order valence-electron chi connectivity index (χ0n) is 12.4. The molecule has 1 unspecified atom stereocenters. The first-order chi connectivity index (χ1) is 9.03. The number of rotatable bonds is 9. The second kappa shape index (κ2) is 8.87. The Kier molecular flexibility index (Phi) is 7.87. The molecule has 1 rings (SSSR count). The molecule has 1 saturated heterocycles. The predicted octanol–water partition coefficient (Wildman–Crippen LogP) is 0.0678. The van der Waals surface area contributed by atoms with Crippen molar-refractivity contribution in [3.05, 3.63) is 0 Å². The predicted molar refractivity (Wildman–Crippen MR) is 76.2 cm³/mol. The van der Waals surface area contributed by atoms with Crippen molar-refractivity contribution in [3.63, 3.8) is 0 Å². The molecule has 0 aromatic heterocycles. The van der Waals surface area contributed by atoms with E-state index in [9.17, 15) is 5.11 Å². The van der Waals surface area contributed by atoms with Crippen molar-refractivity contribution in [1.29, 1.82) is 0 Å². The number of aliphatic hydroxyl groups excluding tert-OH is 2. The molecule has 3 N–H and O–H groups in total. The lowest BCUT2D eigenvalue weighted by molar-refractivity contribution is 0.0145. The Morgan fingerprint density at radius 3 is 2.63 bits per heavy atom. The summed E-state index contributed by atoms with van der Waals surface area (Å²) in [5, 5.41) is 22.2. The summed E-state index contributed by atoms with van der Waals surface area (Å²) < 4.78 is 5.29. The van der Waals surface area contributed by atoms with E-state index in [4.69, 9.17) is 9.84 Å².